The number of benzene rings is 2. The minimum Gasteiger partial charge on any atom is -0.338 e. The van der Waals surface area contributed by atoms with E-state index in [1.54, 1.807) is 31.2 Å². The summed E-state index contributed by atoms with van der Waals surface area (Å²) in [5.41, 5.74) is 3.16. The van der Waals surface area contributed by atoms with Crippen molar-refractivity contribution in [1.29, 1.82) is 0 Å². The zero-order valence-corrected chi connectivity index (χ0v) is 20.3. The van der Waals surface area contributed by atoms with E-state index in [4.69, 9.17) is 5.14 Å². The van der Waals surface area contributed by atoms with Crippen LogP contribution in [0.4, 0.5) is 27.5 Å². The van der Waals surface area contributed by atoms with Gasteiger partial charge in [-0.05, 0) is 60.7 Å². The zero-order valence-electron chi connectivity index (χ0n) is 18.7. The van der Waals surface area contributed by atoms with Gasteiger partial charge in [0, 0.05) is 24.5 Å². The largest absolute Gasteiger partial charge is 0.338 e. The Kier molecular flexibility index (Phi) is 5.74. The molecule has 184 valence electrons. The molecule has 3 aromatic rings. The molecule has 5 rings (SSSR count). The second-order valence-electron chi connectivity index (χ2n) is 8.66. The Morgan fingerprint density at radius 1 is 1.00 bits per heavy atom. The summed E-state index contributed by atoms with van der Waals surface area (Å²) in [6.45, 7) is 2.24. The standard InChI is InChI=1S/C22H23FN6O4S2/c1-13-2-4-17(9-20(13)34(24,30)31)27-22-25-10-19(23)21(28-22)26-16-5-3-14-11-29(12-15(14)8-16)35(32,33)18-6-7-18/h2-5,8-10,18H,6-7,11-12H2,1H3,(H2,24,30,31)(H2,25,26,27,28). The normalized spacial score (nSPS) is 16.2. The second kappa shape index (κ2) is 8.52. The molecule has 0 spiro atoms. The topological polar surface area (TPSA) is 147 Å². The molecule has 1 saturated carbocycles. The highest BCUT2D eigenvalue weighted by Gasteiger charge is 2.42. The first kappa shape index (κ1) is 23.6. The summed E-state index contributed by atoms with van der Waals surface area (Å²) in [6.07, 6.45) is 2.40. The van der Waals surface area contributed by atoms with Crippen LogP contribution in [0.3, 0.4) is 0 Å². The van der Waals surface area contributed by atoms with Gasteiger partial charge in [-0.3, -0.25) is 0 Å². The van der Waals surface area contributed by atoms with Crippen molar-refractivity contribution in [2.75, 3.05) is 10.6 Å². The predicted octanol–water partition coefficient (Wildman–Crippen LogP) is 2.87. The van der Waals surface area contributed by atoms with Gasteiger partial charge in [-0.2, -0.15) is 9.29 Å². The second-order valence-corrected chi connectivity index (χ2v) is 12.4. The minimum absolute atomic E-state index is 0.0426. The van der Waals surface area contributed by atoms with Crippen molar-refractivity contribution in [2.45, 2.75) is 43.0 Å². The highest BCUT2D eigenvalue weighted by molar-refractivity contribution is 7.90. The van der Waals surface area contributed by atoms with E-state index in [2.05, 4.69) is 20.6 Å². The van der Waals surface area contributed by atoms with Crippen molar-refractivity contribution in [3.63, 3.8) is 0 Å². The van der Waals surface area contributed by atoms with Crippen LogP contribution >= 0.6 is 0 Å². The van der Waals surface area contributed by atoms with E-state index in [0.717, 1.165) is 17.3 Å². The molecular weight excluding hydrogens is 495 g/mol. The van der Waals surface area contributed by atoms with E-state index >= 15 is 0 Å². The van der Waals surface area contributed by atoms with Crippen LogP contribution in [-0.2, 0) is 33.1 Å². The quantitative estimate of drug-likeness (QED) is 0.433. The number of nitrogens with zero attached hydrogens (tertiary/aromatic N) is 3. The summed E-state index contributed by atoms with van der Waals surface area (Å²) < 4.78 is 64.6. The molecule has 1 aliphatic heterocycles. The van der Waals surface area contributed by atoms with Gasteiger partial charge in [0.25, 0.3) is 0 Å². The number of hydrogen-bond donors (Lipinski definition) is 3. The zero-order chi connectivity index (χ0) is 25.0. The minimum atomic E-state index is -3.92. The van der Waals surface area contributed by atoms with Crippen LogP contribution in [0.1, 0.15) is 29.5 Å². The fourth-order valence-electron chi connectivity index (χ4n) is 3.96. The van der Waals surface area contributed by atoms with Gasteiger partial charge in [-0.15, -0.1) is 0 Å². The van der Waals surface area contributed by atoms with E-state index < -0.39 is 25.9 Å². The average Bonchev–Trinajstić information content (AvgIpc) is 3.56. The van der Waals surface area contributed by atoms with E-state index in [0.29, 0.717) is 36.3 Å². The van der Waals surface area contributed by atoms with Crippen LogP contribution < -0.4 is 15.8 Å². The lowest BCUT2D eigenvalue weighted by Gasteiger charge is -2.14. The molecule has 35 heavy (non-hydrogen) atoms. The first-order chi connectivity index (χ1) is 16.5. The molecular formula is C22H23FN6O4S2. The number of nitrogens with one attached hydrogen (secondary N) is 2. The van der Waals surface area contributed by atoms with E-state index in [1.807, 2.05) is 6.07 Å². The van der Waals surface area contributed by atoms with Gasteiger partial charge in [0.1, 0.15) is 0 Å². The molecule has 0 unspecified atom stereocenters. The molecule has 13 heteroatoms. The number of primary sulfonamides is 1. The van der Waals surface area contributed by atoms with Crippen molar-refractivity contribution in [3.05, 3.63) is 65.1 Å². The number of aromatic nitrogens is 2. The van der Waals surface area contributed by atoms with Crippen molar-refractivity contribution < 1.29 is 21.2 Å². The molecule has 4 N–H and O–H groups in total. The molecule has 0 radical (unpaired) electrons. The Bertz CT molecular complexity index is 1540. The summed E-state index contributed by atoms with van der Waals surface area (Å²) in [5, 5.41) is 10.7. The summed E-state index contributed by atoms with van der Waals surface area (Å²) in [5.74, 6) is -0.745. The molecule has 1 fully saturated rings. The lowest BCUT2D eigenvalue weighted by Crippen LogP contribution is -2.28. The number of halogens is 1. The molecule has 0 amide bonds. The van der Waals surface area contributed by atoms with Crippen LogP contribution in [0, 0.1) is 12.7 Å². The number of hydrogen-bond acceptors (Lipinski definition) is 8. The molecule has 0 atom stereocenters. The fraction of sp³-hybridized carbons (Fsp3) is 0.273. The number of sulfonamides is 2. The Labute approximate surface area is 202 Å². The third kappa shape index (κ3) is 4.85. The lowest BCUT2D eigenvalue weighted by atomic mass is 10.1. The fourth-order valence-corrected chi connectivity index (χ4v) is 6.56. The maximum atomic E-state index is 14.5. The number of fused-ring (bicyclic) bond motifs is 1. The summed E-state index contributed by atoms with van der Waals surface area (Å²) in [7, 11) is -7.20. The molecule has 0 saturated heterocycles. The first-order valence-corrected chi connectivity index (χ1v) is 13.9. The van der Waals surface area contributed by atoms with Gasteiger partial charge in [0.05, 0.1) is 16.3 Å². The highest BCUT2D eigenvalue weighted by atomic mass is 32.2. The predicted molar refractivity (Wildman–Crippen MR) is 129 cm³/mol. The Morgan fingerprint density at radius 2 is 1.69 bits per heavy atom. The first-order valence-electron chi connectivity index (χ1n) is 10.8. The van der Waals surface area contributed by atoms with Gasteiger partial charge >= 0.3 is 0 Å². The SMILES string of the molecule is Cc1ccc(Nc2ncc(F)c(Nc3ccc4c(c3)CN(S(=O)(=O)C3CC3)C4)n2)cc1S(N)(=O)=O. The van der Waals surface area contributed by atoms with E-state index in [-0.39, 0.29) is 28.5 Å². The number of rotatable bonds is 7. The number of anilines is 4. The van der Waals surface area contributed by atoms with Crippen LogP contribution in [0.25, 0.3) is 0 Å². The van der Waals surface area contributed by atoms with E-state index in [9.17, 15) is 21.2 Å². The summed E-state index contributed by atoms with van der Waals surface area (Å²) in [6, 6.07) is 9.91. The smallest absolute Gasteiger partial charge is 0.238 e. The average molecular weight is 519 g/mol. The number of nitrogens with two attached hydrogens (primary N) is 1. The Morgan fingerprint density at radius 3 is 2.40 bits per heavy atom. The highest BCUT2D eigenvalue weighted by Crippen LogP contribution is 2.36. The van der Waals surface area contributed by atoms with Crippen molar-refractivity contribution in [3.8, 4) is 0 Å². The molecule has 1 aromatic heterocycles. The third-order valence-electron chi connectivity index (χ3n) is 5.96. The van der Waals surface area contributed by atoms with Crippen molar-refractivity contribution in [1.82, 2.24) is 14.3 Å². The molecule has 2 heterocycles. The summed E-state index contributed by atoms with van der Waals surface area (Å²) >= 11 is 0. The molecule has 10 nitrogen and oxygen atoms in total. The van der Waals surface area contributed by atoms with Crippen molar-refractivity contribution >= 4 is 43.2 Å². The lowest BCUT2D eigenvalue weighted by molar-refractivity contribution is 0.430. The van der Waals surface area contributed by atoms with Gasteiger partial charge < -0.3 is 10.6 Å². The maximum Gasteiger partial charge on any atom is 0.238 e. The van der Waals surface area contributed by atoms with E-state index in [1.165, 1.54) is 10.4 Å². The van der Waals surface area contributed by atoms with Gasteiger partial charge in [-0.25, -0.2) is 31.3 Å². The van der Waals surface area contributed by atoms with Gasteiger partial charge in [-0.1, -0.05) is 12.1 Å². The monoisotopic (exact) mass is 518 g/mol. The van der Waals surface area contributed by atoms with Crippen LogP contribution in [-0.4, -0.2) is 36.4 Å². The Hall–Kier alpha value is -3.13. The summed E-state index contributed by atoms with van der Waals surface area (Å²) in [4.78, 5) is 8.03. The van der Waals surface area contributed by atoms with Crippen LogP contribution in [0.5, 0.6) is 0 Å². The third-order valence-corrected chi connectivity index (χ3v) is 9.31. The molecule has 1 aliphatic carbocycles. The Balaban J connectivity index is 1.35. The van der Waals surface area contributed by atoms with Gasteiger partial charge in [0.2, 0.25) is 26.0 Å². The molecule has 0 bridgehead atoms. The van der Waals surface area contributed by atoms with Crippen LogP contribution in [0.15, 0.2) is 47.5 Å². The number of aryl methyl sites for hydroxylation is 1. The van der Waals surface area contributed by atoms with Crippen molar-refractivity contribution in [2.24, 2.45) is 5.14 Å². The molecule has 2 aromatic carbocycles. The molecule has 2 aliphatic rings. The van der Waals surface area contributed by atoms with Gasteiger partial charge in [0.15, 0.2) is 11.6 Å². The van der Waals surface area contributed by atoms with Crippen LogP contribution in [0.2, 0.25) is 0 Å². The maximum absolute atomic E-state index is 14.5.